The monoisotopic (exact) mass is 203 g/mol. The van der Waals surface area contributed by atoms with E-state index in [1.54, 1.807) is 0 Å². The lowest BCUT2D eigenvalue weighted by molar-refractivity contribution is 0.173. The van der Waals surface area contributed by atoms with Crippen molar-refractivity contribution in [3.8, 4) is 11.5 Å². The molecule has 1 N–H and O–H groups in total. The van der Waals surface area contributed by atoms with Gasteiger partial charge in [0.1, 0.15) is 0 Å². The van der Waals surface area contributed by atoms with Crippen LogP contribution in [0.5, 0.6) is 11.5 Å². The molecule has 15 heavy (non-hydrogen) atoms. The summed E-state index contributed by atoms with van der Waals surface area (Å²) in [5.74, 6) is 1.84. The molecule has 4 rings (SSSR count). The molecule has 0 saturated carbocycles. The molecule has 3 aliphatic heterocycles. The Morgan fingerprint density at radius 3 is 2.20 bits per heavy atom. The Morgan fingerprint density at radius 1 is 1.00 bits per heavy atom. The maximum absolute atomic E-state index is 5.42. The summed E-state index contributed by atoms with van der Waals surface area (Å²) in [4.78, 5) is 0. The smallest absolute Gasteiger partial charge is 0.231 e. The molecule has 0 aliphatic carbocycles. The van der Waals surface area contributed by atoms with Gasteiger partial charge < -0.3 is 14.8 Å². The number of benzene rings is 1. The lowest BCUT2D eigenvalue weighted by Crippen LogP contribution is -2.22. The Labute approximate surface area is 88.4 Å². The zero-order chi connectivity index (χ0) is 9.83. The molecule has 0 spiro atoms. The molecule has 3 nitrogen and oxygen atoms in total. The van der Waals surface area contributed by atoms with E-state index in [1.807, 2.05) is 0 Å². The third-order valence-electron chi connectivity index (χ3n) is 3.72. The fourth-order valence-corrected chi connectivity index (χ4v) is 3.00. The van der Waals surface area contributed by atoms with E-state index in [9.17, 15) is 0 Å². The Balaban J connectivity index is 1.91. The number of hydrogen-bond donors (Lipinski definition) is 1. The van der Waals surface area contributed by atoms with Gasteiger partial charge in [0.15, 0.2) is 11.5 Å². The van der Waals surface area contributed by atoms with Gasteiger partial charge in [-0.3, -0.25) is 0 Å². The summed E-state index contributed by atoms with van der Waals surface area (Å²) in [6.45, 7) is 0.376. The van der Waals surface area contributed by atoms with Crippen LogP contribution in [0.25, 0.3) is 0 Å². The first kappa shape index (κ1) is 7.99. The van der Waals surface area contributed by atoms with Gasteiger partial charge in [-0.2, -0.15) is 0 Å². The highest BCUT2D eigenvalue weighted by Gasteiger charge is 2.35. The average Bonchev–Trinajstić information content (AvgIpc) is 2.82. The molecule has 0 radical (unpaired) electrons. The topological polar surface area (TPSA) is 30.5 Å². The number of fused-ring (bicyclic) bond motifs is 6. The molecule has 1 aromatic carbocycles. The van der Waals surface area contributed by atoms with Crippen molar-refractivity contribution in [3.63, 3.8) is 0 Å². The molecule has 78 valence electrons. The van der Waals surface area contributed by atoms with Gasteiger partial charge in [-0.05, 0) is 42.5 Å². The quantitative estimate of drug-likeness (QED) is 0.701. The minimum absolute atomic E-state index is 0.376. The molecular weight excluding hydrogens is 190 g/mol. The molecule has 2 bridgehead atoms. The Kier molecular flexibility index (Phi) is 1.42. The second kappa shape index (κ2) is 2.67. The maximum atomic E-state index is 5.42. The predicted octanol–water partition coefficient (Wildman–Crippen LogP) is 2.28. The molecule has 0 amide bonds. The van der Waals surface area contributed by atoms with Crippen molar-refractivity contribution in [2.24, 2.45) is 0 Å². The SMILES string of the molecule is c1c2c(cc3c1C1CCCC3N1)OCO2. The van der Waals surface area contributed by atoms with Crippen LogP contribution < -0.4 is 14.8 Å². The zero-order valence-electron chi connectivity index (χ0n) is 8.45. The molecule has 1 saturated heterocycles. The summed E-state index contributed by atoms with van der Waals surface area (Å²) in [7, 11) is 0. The number of hydrogen-bond acceptors (Lipinski definition) is 3. The van der Waals surface area contributed by atoms with E-state index in [2.05, 4.69) is 17.4 Å². The van der Waals surface area contributed by atoms with Gasteiger partial charge in [0, 0.05) is 12.1 Å². The largest absolute Gasteiger partial charge is 0.454 e. The standard InChI is InChI=1S/C12H13NO2/c1-2-9-7-4-11-12(15-6-14-11)5-8(7)10(3-1)13-9/h4-5,9-10,13H,1-3,6H2. The lowest BCUT2D eigenvalue weighted by atomic mass is 10.0. The fraction of sp³-hybridized carbons (Fsp3) is 0.500. The molecule has 2 unspecified atom stereocenters. The predicted molar refractivity (Wildman–Crippen MR) is 55.0 cm³/mol. The van der Waals surface area contributed by atoms with Crippen LogP contribution in [-0.4, -0.2) is 6.79 Å². The summed E-state index contributed by atoms with van der Waals surface area (Å²) in [6, 6.07) is 5.43. The van der Waals surface area contributed by atoms with Crippen LogP contribution in [0.2, 0.25) is 0 Å². The van der Waals surface area contributed by atoms with Crippen LogP contribution in [-0.2, 0) is 0 Å². The van der Waals surface area contributed by atoms with E-state index in [1.165, 1.54) is 30.4 Å². The summed E-state index contributed by atoms with van der Waals surface area (Å²) in [5, 5.41) is 3.65. The normalized spacial score (nSPS) is 30.4. The van der Waals surface area contributed by atoms with Crippen molar-refractivity contribution < 1.29 is 9.47 Å². The van der Waals surface area contributed by atoms with Gasteiger partial charge in [-0.1, -0.05) is 0 Å². The fourth-order valence-electron chi connectivity index (χ4n) is 3.00. The third-order valence-corrected chi connectivity index (χ3v) is 3.72. The Morgan fingerprint density at radius 2 is 1.60 bits per heavy atom. The van der Waals surface area contributed by atoms with Crippen molar-refractivity contribution in [3.05, 3.63) is 23.3 Å². The van der Waals surface area contributed by atoms with E-state index >= 15 is 0 Å². The summed E-state index contributed by atoms with van der Waals surface area (Å²) >= 11 is 0. The molecule has 1 fully saturated rings. The van der Waals surface area contributed by atoms with Crippen molar-refractivity contribution in [2.45, 2.75) is 31.3 Å². The number of ether oxygens (including phenoxy) is 2. The van der Waals surface area contributed by atoms with E-state index in [4.69, 9.17) is 9.47 Å². The summed E-state index contributed by atoms with van der Waals surface area (Å²) < 4.78 is 10.8. The van der Waals surface area contributed by atoms with E-state index < -0.39 is 0 Å². The first-order valence-electron chi connectivity index (χ1n) is 5.61. The van der Waals surface area contributed by atoms with Gasteiger partial charge in [-0.25, -0.2) is 0 Å². The van der Waals surface area contributed by atoms with Crippen LogP contribution in [0.1, 0.15) is 42.5 Å². The van der Waals surface area contributed by atoms with E-state index in [0.717, 1.165) is 11.5 Å². The van der Waals surface area contributed by atoms with Crippen LogP contribution in [0.3, 0.4) is 0 Å². The summed E-state index contributed by atoms with van der Waals surface area (Å²) in [6.07, 6.45) is 3.83. The molecule has 3 heterocycles. The van der Waals surface area contributed by atoms with E-state index in [0.29, 0.717) is 18.9 Å². The second-order valence-corrected chi connectivity index (χ2v) is 4.54. The Hall–Kier alpha value is -1.22. The molecule has 3 heteroatoms. The van der Waals surface area contributed by atoms with Crippen molar-refractivity contribution in [1.82, 2.24) is 5.32 Å². The number of rotatable bonds is 0. The van der Waals surface area contributed by atoms with Gasteiger partial charge in [0.2, 0.25) is 6.79 Å². The molecule has 3 aliphatic rings. The third kappa shape index (κ3) is 0.988. The van der Waals surface area contributed by atoms with Crippen LogP contribution in [0, 0.1) is 0 Å². The van der Waals surface area contributed by atoms with Gasteiger partial charge in [0.05, 0.1) is 0 Å². The average molecular weight is 203 g/mol. The van der Waals surface area contributed by atoms with Crippen LogP contribution in [0.15, 0.2) is 12.1 Å². The summed E-state index contributed by atoms with van der Waals surface area (Å²) in [5.41, 5.74) is 2.86. The second-order valence-electron chi connectivity index (χ2n) is 4.54. The molecule has 2 atom stereocenters. The van der Waals surface area contributed by atoms with Gasteiger partial charge >= 0.3 is 0 Å². The van der Waals surface area contributed by atoms with Crippen LogP contribution >= 0.6 is 0 Å². The van der Waals surface area contributed by atoms with Crippen molar-refractivity contribution in [2.75, 3.05) is 6.79 Å². The zero-order valence-corrected chi connectivity index (χ0v) is 8.45. The highest BCUT2D eigenvalue weighted by atomic mass is 16.7. The number of piperidine rings is 1. The van der Waals surface area contributed by atoms with Crippen LogP contribution in [0.4, 0.5) is 0 Å². The highest BCUT2D eigenvalue weighted by molar-refractivity contribution is 5.52. The first-order valence-corrected chi connectivity index (χ1v) is 5.61. The highest BCUT2D eigenvalue weighted by Crippen LogP contribution is 2.47. The number of nitrogens with one attached hydrogen (secondary N) is 1. The minimum atomic E-state index is 0.376. The van der Waals surface area contributed by atoms with Gasteiger partial charge in [-0.15, -0.1) is 0 Å². The van der Waals surface area contributed by atoms with Crippen molar-refractivity contribution >= 4 is 0 Å². The maximum Gasteiger partial charge on any atom is 0.231 e. The molecular formula is C12H13NO2. The van der Waals surface area contributed by atoms with Gasteiger partial charge in [0.25, 0.3) is 0 Å². The minimum Gasteiger partial charge on any atom is -0.454 e. The Bertz CT molecular complexity index is 393. The first-order chi connectivity index (χ1) is 7.42. The molecule has 0 aromatic heterocycles. The lowest BCUT2D eigenvalue weighted by Gasteiger charge is -2.20. The molecule has 1 aromatic rings. The van der Waals surface area contributed by atoms with Crippen molar-refractivity contribution in [1.29, 1.82) is 0 Å². The van der Waals surface area contributed by atoms with E-state index in [-0.39, 0.29) is 0 Å².